The summed E-state index contributed by atoms with van der Waals surface area (Å²) in [5, 5.41) is 5.21. The number of carbonyl (C=O) groups is 2. The fourth-order valence-electron chi connectivity index (χ4n) is 1.96. The summed E-state index contributed by atoms with van der Waals surface area (Å²) >= 11 is 0. The Morgan fingerprint density at radius 3 is 2.17 bits per heavy atom. The molecule has 23 heavy (non-hydrogen) atoms. The number of anilines is 2. The predicted octanol–water partition coefficient (Wildman–Crippen LogP) is 3.61. The first-order valence-corrected chi connectivity index (χ1v) is 7.06. The van der Waals surface area contributed by atoms with E-state index in [2.05, 4.69) is 10.6 Å². The third-order valence-electron chi connectivity index (χ3n) is 3.20. The number of amides is 1. The summed E-state index contributed by atoms with van der Waals surface area (Å²) in [4.78, 5) is 22.9. The van der Waals surface area contributed by atoms with Gasteiger partial charge in [-0.15, -0.1) is 0 Å². The molecular formula is C17H16F2N2O2. The Balaban J connectivity index is 1.84. The Morgan fingerprint density at radius 2 is 1.61 bits per heavy atom. The number of halogens is 2. The quantitative estimate of drug-likeness (QED) is 0.800. The molecule has 2 aromatic rings. The number of hydrogen-bond donors (Lipinski definition) is 2. The highest BCUT2D eigenvalue weighted by Gasteiger charge is 2.11. The summed E-state index contributed by atoms with van der Waals surface area (Å²) < 4.78 is 26.8. The first-order chi connectivity index (χ1) is 11.0. The van der Waals surface area contributed by atoms with E-state index in [-0.39, 0.29) is 12.2 Å². The van der Waals surface area contributed by atoms with Crippen LogP contribution in [0, 0.1) is 11.6 Å². The van der Waals surface area contributed by atoms with Crippen LogP contribution in [0.25, 0.3) is 0 Å². The monoisotopic (exact) mass is 318 g/mol. The van der Waals surface area contributed by atoms with Crippen LogP contribution in [0.15, 0.2) is 42.5 Å². The molecule has 0 aliphatic heterocycles. The van der Waals surface area contributed by atoms with Crippen LogP contribution >= 0.6 is 0 Å². The summed E-state index contributed by atoms with van der Waals surface area (Å²) in [6.07, 6.45) is 0.0439. The Bertz CT molecular complexity index is 695. The van der Waals surface area contributed by atoms with Gasteiger partial charge in [0.1, 0.15) is 17.3 Å². The van der Waals surface area contributed by atoms with Crippen molar-refractivity contribution in [2.45, 2.75) is 13.3 Å². The topological polar surface area (TPSA) is 58.2 Å². The summed E-state index contributed by atoms with van der Waals surface area (Å²) in [6.45, 7) is 1.77. The van der Waals surface area contributed by atoms with Crippen molar-refractivity contribution in [1.82, 2.24) is 0 Å². The van der Waals surface area contributed by atoms with Crippen molar-refractivity contribution in [3.8, 4) is 0 Å². The van der Waals surface area contributed by atoms with Gasteiger partial charge in [0.15, 0.2) is 5.78 Å². The van der Waals surface area contributed by atoms with E-state index in [1.807, 2.05) is 0 Å². The third kappa shape index (κ3) is 4.60. The molecule has 0 heterocycles. The molecule has 0 spiro atoms. The molecule has 2 rings (SSSR count). The van der Waals surface area contributed by atoms with Crippen LogP contribution in [0.2, 0.25) is 0 Å². The average Bonchev–Trinajstić information content (AvgIpc) is 2.51. The maximum Gasteiger partial charge on any atom is 0.226 e. The number of rotatable bonds is 6. The van der Waals surface area contributed by atoms with E-state index in [9.17, 15) is 18.4 Å². The molecule has 2 N–H and O–H groups in total. The van der Waals surface area contributed by atoms with E-state index in [0.29, 0.717) is 12.1 Å². The lowest BCUT2D eigenvalue weighted by Gasteiger charge is -2.09. The summed E-state index contributed by atoms with van der Waals surface area (Å²) in [5.74, 6) is -2.15. The summed E-state index contributed by atoms with van der Waals surface area (Å²) in [5.41, 5.74) is 0.909. The number of ketones is 1. The Labute approximate surface area is 132 Å². The standard InChI is InChI=1S/C17H16F2N2O2/c1-11(22)12-5-7-13(8-6-12)20-10-9-16(23)21-17-14(18)3-2-4-15(17)19/h2-8,20H,9-10H2,1H3,(H,21,23). The second-order valence-corrected chi connectivity index (χ2v) is 4.96. The molecule has 6 heteroatoms. The van der Waals surface area contributed by atoms with E-state index in [1.165, 1.54) is 13.0 Å². The van der Waals surface area contributed by atoms with Gasteiger partial charge in [-0.2, -0.15) is 0 Å². The Morgan fingerprint density at radius 1 is 1.00 bits per heavy atom. The molecule has 0 saturated heterocycles. The van der Waals surface area contributed by atoms with Crippen LogP contribution in [0.4, 0.5) is 20.2 Å². The summed E-state index contributed by atoms with van der Waals surface area (Å²) in [6, 6.07) is 10.2. The molecule has 0 unspecified atom stereocenters. The van der Waals surface area contributed by atoms with Crippen LogP contribution in [-0.2, 0) is 4.79 Å². The predicted molar refractivity (Wildman–Crippen MR) is 84.5 cm³/mol. The smallest absolute Gasteiger partial charge is 0.226 e. The minimum Gasteiger partial charge on any atom is -0.385 e. The van der Waals surface area contributed by atoms with Crippen molar-refractivity contribution in [2.24, 2.45) is 0 Å². The number of para-hydroxylation sites is 1. The zero-order valence-electron chi connectivity index (χ0n) is 12.5. The number of nitrogens with one attached hydrogen (secondary N) is 2. The van der Waals surface area contributed by atoms with E-state index in [1.54, 1.807) is 24.3 Å². The Kier molecular flexibility index (Phi) is 5.41. The van der Waals surface area contributed by atoms with E-state index >= 15 is 0 Å². The maximum absolute atomic E-state index is 13.4. The average molecular weight is 318 g/mol. The highest BCUT2D eigenvalue weighted by atomic mass is 19.1. The molecular weight excluding hydrogens is 302 g/mol. The van der Waals surface area contributed by atoms with Crippen LogP contribution in [0.5, 0.6) is 0 Å². The molecule has 4 nitrogen and oxygen atoms in total. The van der Waals surface area contributed by atoms with Crippen molar-refractivity contribution in [2.75, 3.05) is 17.2 Å². The van der Waals surface area contributed by atoms with Crippen LogP contribution < -0.4 is 10.6 Å². The minimum absolute atomic E-state index is 0.0251. The lowest BCUT2D eigenvalue weighted by Crippen LogP contribution is -2.17. The molecule has 0 atom stereocenters. The maximum atomic E-state index is 13.4. The SMILES string of the molecule is CC(=O)c1ccc(NCCC(=O)Nc2c(F)cccc2F)cc1. The van der Waals surface area contributed by atoms with E-state index in [4.69, 9.17) is 0 Å². The lowest BCUT2D eigenvalue weighted by molar-refractivity contribution is -0.116. The zero-order chi connectivity index (χ0) is 16.8. The highest BCUT2D eigenvalue weighted by Crippen LogP contribution is 2.18. The number of Topliss-reactive ketones (excluding diaryl/α,β-unsaturated/α-hetero) is 1. The van der Waals surface area contributed by atoms with Crippen LogP contribution in [0.1, 0.15) is 23.7 Å². The van der Waals surface area contributed by atoms with Crippen LogP contribution in [-0.4, -0.2) is 18.2 Å². The molecule has 0 radical (unpaired) electrons. The van der Waals surface area contributed by atoms with Crippen molar-refractivity contribution >= 4 is 23.1 Å². The van der Waals surface area contributed by atoms with Crippen molar-refractivity contribution in [3.05, 3.63) is 59.7 Å². The molecule has 120 valence electrons. The third-order valence-corrected chi connectivity index (χ3v) is 3.20. The minimum atomic E-state index is -0.814. The number of benzene rings is 2. The van der Waals surface area contributed by atoms with Gasteiger partial charge in [-0.25, -0.2) is 8.78 Å². The van der Waals surface area contributed by atoms with Gasteiger partial charge in [-0.3, -0.25) is 9.59 Å². The normalized spacial score (nSPS) is 10.2. The fraction of sp³-hybridized carbons (Fsp3) is 0.176. The first-order valence-electron chi connectivity index (χ1n) is 7.06. The zero-order valence-corrected chi connectivity index (χ0v) is 12.5. The molecule has 2 aromatic carbocycles. The Hall–Kier alpha value is -2.76. The second kappa shape index (κ2) is 7.49. The molecule has 0 fully saturated rings. The van der Waals surface area contributed by atoms with Gasteiger partial charge in [0.2, 0.25) is 5.91 Å². The molecule has 0 aromatic heterocycles. The van der Waals surface area contributed by atoms with Crippen LogP contribution in [0.3, 0.4) is 0 Å². The highest BCUT2D eigenvalue weighted by molar-refractivity contribution is 5.94. The lowest BCUT2D eigenvalue weighted by atomic mass is 10.1. The van der Waals surface area contributed by atoms with Gasteiger partial charge in [-0.1, -0.05) is 6.07 Å². The fourth-order valence-corrected chi connectivity index (χ4v) is 1.96. The second-order valence-electron chi connectivity index (χ2n) is 4.96. The molecule has 0 saturated carbocycles. The molecule has 0 aliphatic rings. The van der Waals surface area contributed by atoms with Gasteiger partial charge in [0, 0.05) is 24.2 Å². The van der Waals surface area contributed by atoms with Gasteiger partial charge >= 0.3 is 0 Å². The largest absolute Gasteiger partial charge is 0.385 e. The molecule has 0 aliphatic carbocycles. The van der Waals surface area contributed by atoms with Gasteiger partial charge in [-0.05, 0) is 43.3 Å². The van der Waals surface area contributed by atoms with Crippen molar-refractivity contribution in [1.29, 1.82) is 0 Å². The van der Waals surface area contributed by atoms with E-state index < -0.39 is 23.2 Å². The van der Waals surface area contributed by atoms with Gasteiger partial charge in [0.25, 0.3) is 0 Å². The summed E-state index contributed by atoms with van der Waals surface area (Å²) in [7, 11) is 0. The van der Waals surface area contributed by atoms with E-state index in [0.717, 1.165) is 17.8 Å². The molecule has 0 bridgehead atoms. The first kappa shape index (κ1) is 16.6. The molecule has 1 amide bonds. The number of carbonyl (C=O) groups excluding carboxylic acids is 2. The van der Waals surface area contributed by atoms with Gasteiger partial charge < -0.3 is 10.6 Å². The van der Waals surface area contributed by atoms with Gasteiger partial charge in [0.05, 0.1) is 0 Å². The van der Waals surface area contributed by atoms with Crippen molar-refractivity contribution < 1.29 is 18.4 Å². The number of hydrogen-bond acceptors (Lipinski definition) is 3. The van der Waals surface area contributed by atoms with Crippen molar-refractivity contribution in [3.63, 3.8) is 0 Å².